The first kappa shape index (κ1) is 16.9. The molecule has 7 heteroatoms. The highest BCUT2D eigenvalue weighted by molar-refractivity contribution is 7.89. The average Bonchev–Trinajstić information content (AvgIpc) is 3.21. The summed E-state index contributed by atoms with van der Waals surface area (Å²) in [7, 11) is -3.52. The van der Waals surface area contributed by atoms with Crippen molar-refractivity contribution in [1.29, 1.82) is 0 Å². The van der Waals surface area contributed by atoms with E-state index < -0.39 is 10.0 Å². The number of nitrogens with zero attached hydrogens (tertiary/aromatic N) is 1. The summed E-state index contributed by atoms with van der Waals surface area (Å²) in [4.78, 5) is 2.60. The van der Waals surface area contributed by atoms with Crippen molar-refractivity contribution in [2.24, 2.45) is 0 Å². The van der Waals surface area contributed by atoms with Crippen molar-refractivity contribution in [3.05, 3.63) is 51.7 Å². The van der Waals surface area contributed by atoms with Gasteiger partial charge >= 0.3 is 0 Å². The minimum absolute atomic E-state index is 0.0887. The first-order chi connectivity index (χ1) is 11.1. The van der Waals surface area contributed by atoms with Crippen LogP contribution in [-0.2, 0) is 10.0 Å². The number of hydrogen-bond acceptors (Lipinski definition) is 4. The zero-order chi connectivity index (χ0) is 16.3. The molecule has 2 aromatic rings. The Labute approximate surface area is 146 Å². The standard InChI is InChI=1S/C16H19ClN2O2S2/c17-14-3-5-15(6-4-14)23(20,21)18-11-16(13-7-10-22-12-13)19-8-1-2-9-19/h3-7,10,12,16,18H,1-2,8-9,11H2. The molecule has 1 saturated heterocycles. The van der Waals surface area contributed by atoms with Crippen molar-refractivity contribution in [2.45, 2.75) is 23.8 Å². The molecule has 3 rings (SSSR count). The molecule has 2 heterocycles. The number of benzene rings is 1. The number of likely N-dealkylation sites (tertiary alicyclic amines) is 1. The minimum atomic E-state index is -3.52. The smallest absolute Gasteiger partial charge is 0.240 e. The number of rotatable bonds is 6. The zero-order valence-electron chi connectivity index (χ0n) is 12.6. The molecule has 1 unspecified atom stereocenters. The molecule has 0 aliphatic carbocycles. The first-order valence-electron chi connectivity index (χ1n) is 7.58. The summed E-state index contributed by atoms with van der Waals surface area (Å²) in [6, 6.07) is 8.40. The summed E-state index contributed by atoms with van der Waals surface area (Å²) < 4.78 is 27.7. The van der Waals surface area contributed by atoms with Gasteiger partial charge in [-0.05, 0) is 72.6 Å². The number of sulfonamides is 1. The molecule has 1 atom stereocenters. The van der Waals surface area contributed by atoms with Gasteiger partial charge in [0.2, 0.25) is 10.0 Å². The van der Waals surface area contributed by atoms with Crippen molar-refractivity contribution in [3.8, 4) is 0 Å². The van der Waals surface area contributed by atoms with Crippen LogP contribution < -0.4 is 4.72 Å². The third kappa shape index (κ3) is 4.14. The van der Waals surface area contributed by atoms with Gasteiger partial charge in [-0.15, -0.1) is 0 Å². The van der Waals surface area contributed by atoms with Gasteiger partial charge in [-0.2, -0.15) is 11.3 Å². The highest BCUT2D eigenvalue weighted by atomic mass is 35.5. The van der Waals surface area contributed by atoms with E-state index in [4.69, 9.17) is 11.6 Å². The molecule has 0 bridgehead atoms. The van der Waals surface area contributed by atoms with E-state index in [1.165, 1.54) is 30.5 Å². The van der Waals surface area contributed by atoms with Crippen molar-refractivity contribution < 1.29 is 8.42 Å². The quantitative estimate of drug-likeness (QED) is 0.846. The SMILES string of the molecule is O=S(=O)(NCC(c1ccsc1)N1CCCC1)c1ccc(Cl)cc1. The van der Waals surface area contributed by atoms with E-state index >= 15 is 0 Å². The molecule has 1 fully saturated rings. The lowest BCUT2D eigenvalue weighted by Crippen LogP contribution is -2.36. The van der Waals surface area contributed by atoms with Gasteiger partial charge < -0.3 is 0 Å². The topological polar surface area (TPSA) is 49.4 Å². The van der Waals surface area contributed by atoms with Gasteiger partial charge in [-0.3, -0.25) is 4.90 Å². The van der Waals surface area contributed by atoms with Gasteiger partial charge in [0.15, 0.2) is 0 Å². The Morgan fingerprint density at radius 1 is 1.17 bits per heavy atom. The van der Waals surface area contributed by atoms with Gasteiger partial charge in [0, 0.05) is 17.6 Å². The van der Waals surface area contributed by atoms with E-state index in [0.29, 0.717) is 11.6 Å². The summed E-state index contributed by atoms with van der Waals surface area (Å²) in [6.07, 6.45) is 2.34. The molecule has 0 saturated carbocycles. The van der Waals surface area contributed by atoms with Crippen molar-refractivity contribution in [1.82, 2.24) is 9.62 Å². The molecule has 23 heavy (non-hydrogen) atoms. The maximum atomic E-state index is 12.5. The molecule has 0 radical (unpaired) electrons. The lowest BCUT2D eigenvalue weighted by molar-refractivity contribution is 0.247. The molecular weight excluding hydrogens is 352 g/mol. The molecule has 124 valence electrons. The summed E-state index contributed by atoms with van der Waals surface area (Å²) in [5.41, 5.74) is 1.18. The maximum Gasteiger partial charge on any atom is 0.240 e. The highest BCUT2D eigenvalue weighted by Gasteiger charge is 2.25. The zero-order valence-corrected chi connectivity index (χ0v) is 15.0. The summed E-state index contributed by atoms with van der Waals surface area (Å²) >= 11 is 7.46. The second-order valence-electron chi connectivity index (χ2n) is 5.62. The lowest BCUT2D eigenvalue weighted by atomic mass is 10.1. The van der Waals surface area contributed by atoms with E-state index in [0.717, 1.165) is 13.1 Å². The molecule has 1 N–H and O–H groups in total. The predicted molar refractivity (Wildman–Crippen MR) is 94.5 cm³/mol. The molecule has 0 amide bonds. The third-order valence-corrected chi connectivity index (χ3v) is 6.49. The number of halogens is 1. The van der Waals surface area contributed by atoms with Crippen LogP contribution in [-0.4, -0.2) is 33.0 Å². The van der Waals surface area contributed by atoms with E-state index in [1.807, 2.05) is 5.38 Å². The van der Waals surface area contributed by atoms with E-state index in [9.17, 15) is 8.42 Å². The number of thiophene rings is 1. The predicted octanol–water partition coefficient (Wildman–Crippen LogP) is 3.52. The molecule has 1 aliphatic rings. The molecule has 0 spiro atoms. The van der Waals surface area contributed by atoms with E-state index in [2.05, 4.69) is 21.1 Å². The third-order valence-electron chi connectivity index (χ3n) is 4.10. The van der Waals surface area contributed by atoms with Gasteiger partial charge in [0.05, 0.1) is 4.90 Å². The van der Waals surface area contributed by atoms with Gasteiger partial charge in [-0.1, -0.05) is 11.6 Å². The molecule has 4 nitrogen and oxygen atoms in total. The Morgan fingerprint density at radius 2 is 1.87 bits per heavy atom. The Bertz CT molecular complexity index is 724. The van der Waals surface area contributed by atoms with E-state index in [-0.39, 0.29) is 10.9 Å². The monoisotopic (exact) mass is 370 g/mol. The van der Waals surface area contributed by atoms with Crippen LogP contribution in [0.2, 0.25) is 5.02 Å². The second-order valence-corrected chi connectivity index (χ2v) is 8.60. The molecule has 1 aliphatic heterocycles. The normalized spacial score (nSPS) is 17.4. The summed E-state index contributed by atoms with van der Waals surface area (Å²) in [5, 5.41) is 4.66. The van der Waals surface area contributed by atoms with E-state index in [1.54, 1.807) is 23.5 Å². The molecule has 1 aromatic carbocycles. The Balaban J connectivity index is 1.74. The number of hydrogen-bond donors (Lipinski definition) is 1. The maximum absolute atomic E-state index is 12.5. The Morgan fingerprint density at radius 3 is 2.48 bits per heavy atom. The molecular formula is C16H19ClN2O2S2. The van der Waals surface area contributed by atoms with Gasteiger partial charge in [-0.25, -0.2) is 13.1 Å². The van der Waals surface area contributed by atoms with Crippen molar-refractivity contribution in [2.75, 3.05) is 19.6 Å². The fourth-order valence-corrected chi connectivity index (χ4v) is 4.73. The number of nitrogens with one attached hydrogen (secondary N) is 1. The fraction of sp³-hybridized carbons (Fsp3) is 0.375. The van der Waals surface area contributed by atoms with Gasteiger partial charge in [0.25, 0.3) is 0 Å². The van der Waals surface area contributed by atoms with Crippen LogP contribution in [0.5, 0.6) is 0 Å². The van der Waals surface area contributed by atoms with Crippen molar-refractivity contribution in [3.63, 3.8) is 0 Å². The average molecular weight is 371 g/mol. The van der Waals surface area contributed by atoms with Gasteiger partial charge in [0.1, 0.15) is 0 Å². The van der Waals surface area contributed by atoms with Crippen LogP contribution >= 0.6 is 22.9 Å². The van der Waals surface area contributed by atoms with Crippen LogP contribution in [0.1, 0.15) is 24.4 Å². The summed E-state index contributed by atoms with van der Waals surface area (Å²) in [6.45, 7) is 2.41. The Hall–Kier alpha value is -0.920. The summed E-state index contributed by atoms with van der Waals surface area (Å²) in [5.74, 6) is 0. The first-order valence-corrected chi connectivity index (χ1v) is 10.4. The minimum Gasteiger partial charge on any atom is -0.295 e. The second kappa shape index (κ2) is 7.32. The highest BCUT2D eigenvalue weighted by Crippen LogP contribution is 2.26. The van der Waals surface area contributed by atoms with Crippen LogP contribution in [0.25, 0.3) is 0 Å². The van der Waals surface area contributed by atoms with Crippen molar-refractivity contribution >= 4 is 33.0 Å². The fourth-order valence-electron chi connectivity index (χ4n) is 2.86. The Kier molecular flexibility index (Phi) is 5.38. The molecule has 1 aromatic heterocycles. The largest absolute Gasteiger partial charge is 0.295 e. The lowest BCUT2D eigenvalue weighted by Gasteiger charge is -2.27. The van der Waals surface area contributed by atoms with Crippen LogP contribution in [0, 0.1) is 0 Å². The van der Waals surface area contributed by atoms with Crippen LogP contribution in [0.4, 0.5) is 0 Å². The van der Waals surface area contributed by atoms with Crippen LogP contribution in [0.3, 0.4) is 0 Å². The van der Waals surface area contributed by atoms with Crippen LogP contribution in [0.15, 0.2) is 46.0 Å².